The molecule has 1 amide bonds. The Kier molecular flexibility index (Phi) is 4.66. The highest BCUT2D eigenvalue weighted by Crippen LogP contribution is 2.33. The number of carbonyl (C=O) groups is 1. The van der Waals surface area contributed by atoms with Crippen molar-refractivity contribution in [2.75, 3.05) is 23.3 Å². The highest BCUT2D eigenvalue weighted by Gasteiger charge is 2.30. The third-order valence-corrected chi connectivity index (χ3v) is 4.91. The van der Waals surface area contributed by atoms with Gasteiger partial charge in [-0.25, -0.2) is 4.98 Å². The van der Waals surface area contributed by atoms with Gasteiger partial charge in [0.2, 0.25) is 5.91 Å². The highest BCUT2D eigenvalue weighted by atomic mass is 19.4. The molecule has 0 saturated carbocycles. The fourth-order valence-corrected chi connectivity index (χ4v) is 3.54. The molecule has 28 heavy (non-hydrogen) atoms. The first-order valence-electron chi connectivity index (χ1n) is 9.01. The van der Waals surface area contributed by atoms with Gasteiger partial charge < -0.3 is 10.2 Å². The lowest BCUT2D eigenvalue weighted by Crippen LogP contribution is -2.39. The van der Waals surface area contributed by atoms with Crippen LogP contribution in [0.5, 0.6) is 0 Å². The molecule has 0 aliphatic carbocycles. The van der Waals surface area contributed by atoms with Crippen molar-refractivity contribution in [2.45, 2.75) is 19.0 Å². The number of pyridine rings is 1. The molecule has 0 spiro atoms. The van der Waals surface area contributed by atoms with Crippen molar-refractivity contribution in [3.05, 3.63) is 65.9 Å². The molecule has 2 heterocycles. The van der Waals surface area contributed by atoms with Crippen LogP contribution in [-0.4, -0.2) is 24.0 Å². The fourth-order valence-electron chi connectivity index (χ4n) is 3.54. The third-order valence-electron chi connectivity index (χ3n) is 4.91. The molecule has 2 aromatic carbocycles. The number of nitrogens with one attached hydrogen (secondary N) is 1. The van der Waals surface area contributed by atoms with Gasteiger partial charge >= 0.3 is 6.18 Å². The van der Waals surface area contributed by atoms with Gasteiger partial charge in [-0.1, -0.05) is 24.3 Å². The molecule has 4 rings (SSSR count). The zero-order chi connectivity index (χ0) is 19.7. The molecule has 0 saturated heterocycles. The van der Waals surface area contributed by atoms with Crippen LogP contribution in [0.4, 0.5) is 24.7 Å². The first-order chi connectivity index (χ1) is 13.4. The Morgan fingerprint density at radius 2 is 1.96 bits per heavy atom. The number of anilines is 2. The van der Waals surface area contributed by atoms with Gasteiger partial charge in [0, 0.05) is 23.8 Å². The van der Waals surface area contributed by atoms with Crippen LogP contribution in [0.2, 0.25) is 0 Å². The second-order valence-electron chi connectivity index (χ2n) is 6.72. The predicted molar refractivity (Wildman–Crippen MR) is 102 cm³/mol. The minimum Gasteiger partial charge on any atom is -0.360 e. The topological polar surface area (TPSA) is 45.2 Å². The number of halogens is 3. The molecule has 0 bridgehead atoms. The third kappa shape index (κ3) is 3.52. The number of para-hydroxylation sites is 1. The molecule has 7 heteroatoms. The summed E-state index contributed by atoms with van der Waals surface area (Å²) in [5.41, 5.74) is 1.35. The standard InChI is InChI=1S/C21H18F3N3O/c22-21(23,24)16-7-8-17-15(12-16)9-10-25-20(17)26-13-19(28)27-11-3-5-14-4-1-2-6-18(14)27/h1-2,4,6-10,12H,3,5,11,13H2,(H,25,26). The molecule has 3 aromatic rings. The molecular weight excluding hydrogens is 367 g/mol. The van der Waals surface area contributed by atoms with Crippen molar-refractivity contribution in [1.29, 1.82) is 0 Å². The first kappa shape index (κ1) is 18.3. The molecule has 0 fully saturated rings. The van der Waals surface area contributed by atoms with E-state index >= 15 is 0 Å². The number of rotatable bonds is 3. The maximum absolute atomic E-state index is 12.9. The van der Waals surface area contributed by atoms with E-state index in [1.165, 1.54) is 18.3 Å². The second kappa shape index (κ2) is 7.14. The van der Waals surface area contributed by atoms with Gasteiger partial charge in [-0.2, -0.15) is 13.2 Å². The molecule has 0 radical (unpaired) electrons. The molecule has 0 unspecified atom stereocenters. The van der Waals surface area contributed by atoms with Crippen molar-refractivity contribution in [3.63, 3.8) is 0 Å². The van der Waals surface area contributed by atoms with E-state index in [2.05, 4.69) is 10.3 Å². The summed E-state index contributed by atoms with van der Waals surface area (Å²) in [7, 11) is 0. The summed E-state index contributed by atoms with van der Waals surface area (Å²) in [6.07, 6.45) is -1.12. The Hall–Kier alpha value is -3.09. The number of hydrogen-bond acceptors (Lipinski definition) is 3. The van der Waals surface area contributed by atoms with Crippen molar-refractivity contribution < 1.29 is 18.0 Å². The smallest absolute Gasteiger partial charge is 0.360 e. The normalized spacial score (nSPS) is 14.0. The summed E-state index contributed by atoms with van der Waals surface area (Å²) >= 11 is 0. The number of alkyl halides is 3. The van der Waals surface area contributed by atoms with E-state index in [1.807, 2.05) is 24.3 Å². The fraction of sp³-hybridized carbons (Fsp3) is 0.238. The SMILES string of the molecule is O=C(CNc1nccc2cc(C(F)(F)F)ccc12)N1CCCc2ccccc21. The van der Waals surface area contributed by atoms with E-state index in [4.69, 9.17) is 0 Å². The van der Waals surface area contributed by atoms with Gasteiger partial charge in [-0.05, 0) is 48.1 Å². The molecular formula is C21H18F3N3O. The maximum Gasteiger partial charge on any atom is 0.416 e. The minimum absolute atomic E-state index is 0.0153. The van der Waals surface area contributed by atoms with Crippen LogP contribution in [0.15, 0.2) is 54.7 Å². The van der Waals surface area contributed by atoms with E-state index in [9.17, 15) is 18.0 Å². The number of carbonyl (C=O) groups excluding carboxylic acids is 1. The number of fused-ring (bicyclic) bond motifs is 2. The predicted octanol–water partition coefficient (Wildman–Crippen LogP) is 4.64. The summed E-state index contributed by atoms with van der Waals surface area (Å²) in [4.78, 5) is 18.7. The van der Waals surface area contributed by atoms with Gasteiger partial charge in [-0.15, -0.1) is 0 Å². The average Bonchev–Trinajstić information content (AvgIpc) is 2.70. The number of amides is 1. The summed E-state index contributed by atoms with van der Waals surface area (Å²) in [5, 5.41) is 3.95. The van der Waals surface area contributed by atoms with E-state index in [1.54, 1.807) is 4.90 Å². The lowest BCUT2D eigenvalue weighted by molar-refractivity contribution is -0.137. The Morgan fingerprint density at radius 1 is 1.14 bits per heavy atom. The first-order valence-corrected chi connectivity index (χ1v) is 9.01. The number of aryl methyl sites for hydroxylation is 1. The Labute approximate surface area is 160 Å². The van der Waals surface area contributed by atoms with Crippen LogP contribution in [-0.2, 0) is 17.4 Å². The van der Waals surface area contributed by atoms with Crippen LogP contribution in [0.1, 0.15) is 17.5 Å². The van der Waals surface area contributed by atoms with Gasteiger partial charge in [-0.3, -0.25) is 4.79 Å². The number of nitrogens with zero attached hydrogens (tertiary/aromatic N) is 2. The van der Waals surface area contributed by atoms with E-state index in [0.29, 0.717) is 23.1 Å². The van der Waals surface area contributed by atoms with Gasteiger partial charge in [0.05, 0.1) is 12.1 Å². The van der Waals surface area contributed by atoms with Gasteiger partial charge in [0.25, 0.3) is 0 Å². The second-order valence-corrected chi connectivity index (χ2v) is 6.72. The van der Waals surface area contributed by atoms with Crippen LogP contribution in [0.25, 0.3) is 10.8 Å². The highest BCUT2D eigenvalue weighted by molar-refractivity contribution is 5.99. The Morgan fingerprint density at radius 3 is 2.79 bits per heavy atom. The van der Waals surface area contributed by atoms with Crippen LogP contribution in [0, 0.1) is 0 Å². The van der Waals surface area contributed by atoms with E-state index < -0.39 is 11.7 Å². The van der Waals surface area contributed by atoms with Crippen molar-refractivity contribution >= 4 is 28.2 Å². The molecule has 0 atom stereocenters. The van der Waals surface area contributed by atoms with Gasteiger partial charge in [0.1, 0.15) is 5.82 Å². The molecule has 4 nitrogen and oxygen atoms in total. The summed E-state index contributed by atoms with van der Waals surface area (Å²) in [5.74, 6) is 0.294. The monoisotopic (exact) mass is 385 g/mol. The Bertz CT molecular complexity index is 1030. The number of benzene rings is 2. The minimum atomic E-state index is -4.40. The quantitative estimate of drug-likeness (QED) is 0.714. The van der Waals surface area contributed by atoms with Crippen LogP contribution >= 0.6 is 0 Å². The lowest BCUT2D eigenvalue weighted by Gasteiger charge is -2.29. The summed E-state index contributed by atoms with van der Waals surface area (Å²) in [6.45, 7) is 0.664. The zero-order valence-corrected chi connectivity index (χ0v) is 15.0. The van der Waals surface area contributed by atoms with Crippen LogP contribution in [0.3, 0.4) is 0 Å². The average molecular weight is 385 g/mol. The number of aromatic nitrogens is 1. The molecule has 1 aromatic heterocycles. The largest absolute Gasteiger partial charge is 0.416 e. The molecule has 144 valence electrons. The van der Waals surface area contributed by atoms with Crippen molar-refractivity contribution in [3.8, 4) is 0 Å². The van der Waals surface area contributed by atoms with E-state index in [-0.39, 0.29) is 12.5 Å². The molecule has 1 aliphatic rings. The van der Waals surface area contributed by atoms with E-state index in [0.717, 1.165) is 36.2 Å². The molecule has 1 N–H and O–H groups in total. The lowest BCUT2D eigenvalue weighted by atomic mass is 10.0. The molecule has 1 aliphatic heterocycles. The summed E-state index contributed by atoms with van der Waals surface area (Å²) < 4.78 is 38.7. The zero-order valence-electron chi connectivity index (χ0n) is 15.0. The van der Waals surface area contributed by atoms with Gasteiger partial charge in [0.15, 0.2) is 0 Å². The maximum atomic E-state index is 12.9. The van der Waals surface area contributed by atoms with Crippen molar-refractivity contribution in [1.82, 2.24) is 4.98 Å². The number of hydrogen-bond donors (Lipinski definition) is 1. The van der Waals surface area contributed by atoms with Crippen LogP contribution < -0.4 is 10.2 Å². The van der Waals surface area contributed by atoms with Crippen molar-refractivity contribution in [2.24, 2.45) is 0 Å². The summed E-state index contributed by atoms with van der Waals surface area (Å²) in [6, 6.07) is 12.8. The Balaban J connectivity index is 1.54.